The minimum absolute atomic E-state index is 0.0491. The number of pyridine rings is 1. The van der Waals surface area contributed by atoms with Gasteiger partial charge in [0, 0.05) is 31.9 Å². The van der Waals surface area contributed by atoms with Crippen molar-refractivity contribution in [2.24, 2.45) is 0 Å². The third-order valence-corrected chi connectivity index (χ3v) is 4.19. The normalized spacial score (nSPS) is 13.5. The lowest BCUT2D eigenvalue weighted by molar-refractivity contribution is -0.193. The van der Waals surface area contributed by atoms with E-state index < -0.39 is 24.3 Å². The predicted octanol–water partition coefficient (Wildman–Crippen LogP) is 2.70. The zero-order valence-electron chi connectivity index (χ0n) is 19.0. The molecule has 3 heterocycles. The number of aliphatic carboxylic acids is 2. The molecule has 10 nitrogen and oxygen atoms in total. The van der Waals surface area contributed by atoms with E-state index in [4.69, 9.17) is 19.8 Å². The number of rotatable bonds is 4. The predicted molar refractivity (Wildman–Crippen MR) is 111 cm³/mol. The lowest BCUT2D eigenvalue weighted by Crippen LogP contribution is -2.37. The van der Waals surface area contributed by atoms with Crippen LogP contribution in [0.2, 0.25) is 0 Å². The number of alkyl halides is 6. The number of amides is 1. The first kappa shape index (κ1) is 30.3. The van der Waals surface area contributed by atoms with Gasteiger partial charge in [0.15, 0.2) is 0 Å². The van der Waals surface area contributed by atoms with Crippen molar-refractivity contribution >= 4 is 17.8 Å². The number of halogens is 6. The molecule has 2 aromatic heterocycles. The second-order valence-electron chi connectivity index (χ2n) is 7.48. The maximum absolute atomic E-state index is 12.2. The first-order valence-corrected chi connectivity index (χ1v) is 10.1. The van der Waals surface area contributed by atoms with Crippen LogP contribution in [-0.4, -0.2) is 72.4 Å². The van der Waals surface area contributed by atoms with E-state index in [1.807, 2.05) is 42.8 Å². The standard InChI is InChI=1S/C16H21N5O.2C2HF3O2/c1-12(2)19-16(22)14-9-18-15-11-20(7-8-21(14)15)10-13-5-3-4-6-17-13;2*3-2(4,5)1(6)7/h3-6,9,12H,7-8,10-11H2,1-2H3,(H,19,22);2*(H,6,7). The molecule has 0 radical (unpaired) electrons. The van der Waals surface area contributed by atoms with Gasteiger partial charge in [-0.2, -0.15) is 26.3 Å². The van der Waals surface area contributed by atoms with Gasteiger partial charge in [0.2, 0.25) is 0 Å². The summed E-state index contributed by atoms with van der Waals surface area (Å²) in [6.07, 6.45) is -6.67. The van der Waals surface area contributed by atoms with Crippen LogP contribution in [0.15, 0.2) is 30.6 Å². The van der Waals surface area contributed by atoms with Gasteiger partial charge in [0.1, 0.15) is 11.5 Å². The van der Waals surface area contributed by atoms with Gasteiger partial charge >= 0.3 is 24.3 Å². The van der Waals surface area contributed by atoms with E-state index in [0.29, 0.717) is 5.69 Å². The van der Waals surface area contributed by atoms with Crippen molar-refractivity contribution in [3.05, 3.63) is 47.8 Å². The number of aromatic nitrogens is 3. The van der Waals surface area contributed by atoms with Crippen LogP contribution in [0.4, 0.5) is 26.3 Å². The second kappa shape index (κ2) is 12.9. The zero-order chi connectivity index (χ0) is 27.7. The largest absolute Gasteiger partial charge is 0.490 e. The highest BCUT2D eigenvalue weighted by Crippen LogP contribution is 2.16. The minimum Gasteiger partial charge on any atom is -0.475 e. The molecule has 3 N–H and O–H groups in total. The van der Waals surface area contributed by atoms with E-state index in [2.05, 4.69) is 20.2 Å². The Bertz CT molecular complexity index is 1000. The van der Waals surface area contributed by atoms with Gasteiger partial charge in [-0.25, -0.2) is 14.6 Å². The molecule has 1 aliphatic heterocycles. The Morgan fingerprint density at radius 2 is 1.56 bits per heavy atom. The Kier molecular flexibility index (Phi) is 10.8. The summed E-state index contributed by atoms with van der Waals surface area (Å²) in [5.74, 6) is -4.62. The summed E-state index contributed by atoms with van der Waals surface area (Å²) in [5.41, 5.74) is 1.71. The van der Waals surface area contributed by atoms with Crippen molar-refractivity contribution in [1.29, 1.82) is 0 Å². The van der Waals surface area contributed by atoms with Crippen LogP contribution in [0.5, 0.6) is 0 Å². The fraction of sp³-hybridized carbons (Fsp3) is 0.450. The van der Waals surface area contributed by atoms with Gasteiger partial charge < -0.3 is 20.1 Å². The quantitative estimate of drug-likeness (QED) is 0.517. The lowest BCUT2D eigenvalue weighted by atomic mass is 10.3. The van der Waals surface area contributed by atoms with Gasteiger partial charge in [-0.1, -0.05) is 6.07 Å². The highest BCUT2D eigenvalue weighted by molar-refractivity contribution is 5.92. The van der Waals surface area contributed by atoms with E-state index in [1.54, 1.807) is 6.20 Å². The number of hydrogen-bond donors (Lipinski definition) is 3. The first-order chi connectivity index (χ1) is 16.5. The number of carbonyl (C=O) groups is 3. The van der Waals surface area contributed by atoms with Gasteiger partial charge in [0.25, 0.3) is 5.91 Å². The highest BCUT2D eigenvalue weighted by Gasteiger charge is 2.38. The molecule has 0 saturated heterocycles. The van der Waals surface area contributed by atoms with E-state index in [0.717, 1.165) is 37.7 Å². The Morgan fingerprint density at radius 1 is 1.00 bits per heavy atom. The number of nitrogens with zero attached hydrogens (tertiary/aromatic N) is 4. The molecule has 0 saturated carbocycles. The Morgan fingerprint density at radius 3 is 2.00 bits per heavy atom. The molecule has 36 heavy (non-hydrogen) atoms. The summed E-state index contributed by atoms with van der Waals surface area (Å²) in [4.78, 5) is 41.0. The van der Waals surface area contributed by atoms with Crippen LogP contribution in [-0.2, 0) is 29.2 Å². The minimum atomic E-state index is -5.08. The molecule has 0 spiro atoms. The van der Waals surface area contributed by atoms with E-state index in [1.165, 1.54) is 0 Å². The third kappa shape index (κ3) is 10.3. The van der Waals surface area contributed by atoms with Gasteiger partial charge in [-0.05, 0) is 26.0 Å². The van der Waals surface area contributed by atoms with Crippen LogP contribution >= 0.6 is 0 Å². The maximum atomic E-state index is 12.2. The Balaban J connectivity index is 0.000000383. The van der Waals surface area contributed by atoms with Crippen molar-refractivity contribution < 1.29 is 50.9 Å². The Labute approximate surface area is 200 Å². The molecular formula is C20H23F6N5O5. The molecular weight excluding hydrogens is 504 g/mol. The summed E-state index contributed by atoms with van der Waals surface area (Å²) < 4.78 is 65.5. The molecule has 0 aromatic carbocycles. The maximum Gasteiger partial charge on any atom is 0.490 e. The molecule has 3 rings (SSSR count). The summed E-state index contributed by atoms with van der Waals surface area (Å²) in [6.45, 7) is 7.14. The van der Waals surface area contributed by atoms with Gasteiger partial charge in [-0.3, -0.25) is 14.7 Å². The number of nitrogens with one attached hydrogen (secondary N) is 1. The zero-order valence-corrected chi connectivity index (χ0v) is 19.0. The van der Waals surface area contributed by atoms with Gasteiger partial charge in [-0.15, -0.1) is 0 Å². The summed E-state index contributed by atoms with van der Waals surface area (Å²) in [6, 6.07) is 6.08. The molecule has 2 aromatic rings. The van der Waals surface area contributed by atoms with E-state index in [9.17, 15) is 31.1 Å². The van der Waals surface area contributed by atoms with Crippen LogP contribution < -0.4 is 5.32 Å². The molecule has 16 heteroatoms. The molecule has 1 aliphatic rings. The number of carboxylic acids is 2. The molecule has 0 atom stereocenters. The lowest BCUT2D eigenvalue weighted by Gasteiger charge is -2.28. The highest BCUT2D eigenvalue weighted by atomic mass is 19.4. The molecule has 0 bridgehead atoms. The second-order valence-corrected chi connectivity index (χ2v) is 7.48. The van der Waals surface area contributed by atoms with E-state index >= 15 is 0 Å². The van der Waals surface area contributed by atoms with Crippen molar-refractivity contribution in [1.82, 2.24) is 24.8 Å². The molecule has 0 aliphatic carbocycles. The van der Waals surface area contributed by atoms with Crippen molar-refractivity contribution in [2.45, 2.75) is 51.9 Å². The van der Waals surface area contributed by atoms with Crippen LogP contribution in [0.3, 0.4) is 0 Å². The SMILES string of the molecule is CC(C)NC(=O)c1cnc2n1CCN(Cc1ccccn1)C2.O=C(O)C(F)(F)F.O=C(O)C(F)(F)F. The molecule has 1 amide bonds. The smallest absolute Gasteiger partial charge is 0.475 e. The number of imidazole rings is 1. The molecule has 0 fully saturated rings. The monoisotopic (exact) mass is 527 g/mol. The van der Waals surface area contributed by atoms with Crippen molar-refractivity contribution in [2.75, 3.05) is 6.54 Å². The van der Waals surface area contributed by atoms with Gasteiger partial charge in [0.05, 0.1) is 18.4 Å². The third-order valence-electron chi connectivity index (χ3n) is 4.19. The summed E-state index contributed by atoms with van der Waals surface area (Å²) in [7, 11) is 0. The number of carbonyl (C=O) groups excluding carboxylic acids is 1. The van der Waals surface area contributed by atoms with Crippen molar-refractivity contribution in [3.63, 3.8) is 0 Å². The van der Waals surface area contributed by atoms with Crippen LogP contribution in [0, 0.1) is 0 Å². The number of carboxylic acid groups (broad SMARTS) is 2. The average Bonchev–Trinajstić information content (AvgIpc) is 3.17. The molecule has 200 valence electrons. The summed E-state index contributed by atoms with van der Waals surface area (Å²) >= 11 is 0. The fourth-order valence-electron chi connectivity index (χ4n) is 2.68. The summed E-state index contributed by atoms with van der Waals surface area (Å²) in [5, 5.41) is 17.2. The number of fused-ring (bicyclic) bond motifs is 1. The Hall–Kier alpha value is -3.69. The average molecular weight is 527 g/mol. The van der Waals surface area contributed by atoms with Crippen LogP contribution in [0.25, 0.3) is 0 Å². The number of hydrogen-bond acceptors (Lipinski definition) is 6. The first-order valence-electron chi connectivity index (χ1n) is 10.1. The fourth-order valence-corrected chi connectivity index (χ4v) is 2.68. The molecule has 0 unspecified atom stereocenters. The topological polar surface area (TPSA) is 138 Å². The van der Waals surface area contributed by atoms with Crippen LogP contribution in [0.1, 0.15) is 35.9 Å². The van der Waals surface area contributed by atoms with E-state index in [-0.39, 0.29) is 11.9 Å². The van der Waals surface area contributed by atoms with Crippen molar-refractivity contribution in [3.8, 4) is 0 Å².